The minimum absolute atomic E-state index is 0.0885. The average Bonchev–Trinajstić information content (AvgIpc) is 3.24. The average molecular weight is 564 g/mol. The van der Waals surface area contributed by atoms with Gasteiger partial charge in [0.15, 0.2) is 5.92 Å². The Hall–Kier alpha value is -2.16. The molecule has 0 aromatic carbocycles. The van der Waals surface area contributed by atoms with Crippen molar-refractivity contribution in [2.45, 2.75) is 116 Å². The number of fused-ring (bicyclic) bond motifs is 5. The van der Waals surface area contributed by atoms with Crippen LogP contribution in [0.1, 0.15) is 104 Å². The van der Waals surface area contributed by atoms with Crippen LogP contribution in [0.25, 0.3) is 0 Å². The SMILES string of the molecule is C[C@H](CCC(C(=O)O)C(=O)O)C1CCC2C3CCC4C[C@H](OC(=O)[C@H](N)CCC(=O)O)CC[C@]4(C)C3CC[C@@]21C. The molecule has 0 amide bonds. The van der Waals surface area contributed by atoms with Gasteiger partial charge in [0.2, 0.25) is 0 Å². The van der Waals surface area contributed by atoms with Crippen molar-refractivity contribution in [1.82, 2.24) is 0 Å². The molecule has 4 aliphatic rings. The molecule has 9 heteroatoms. The van der Waals surface area contributed by atoms with Crippen molar-refractivity contribution in [1.29, 1.82) is 0 Å². The second-order valence-electron chi connectivity index (χ2n) is 14.0. The van der Waals surface area contributed by atoms with Crippen LogP contribution in [0.4, 0.5) is 0 Å². The highest BCUT2D eigenvalue weighted by Crippen LogP contribution is 2.68. The Labute approximate surface area is 237 Å². The lowest BCUT2D eigenvalue weighted by Crippen LogP contribution is -2.54. The van der Waals surface area contributed by atoms with E-state index >= 15 is 0 Å². The molecule has 5 N–H and O–H groups in total. The molecule has 4 saturated carbocycles. The van der Waals surface area contributed by atoms with Crippen molar-refractivity contribution >= 4 is 23.9 Å². The van der Waals surface area contributed by atoms with Crippen LogP contribution in [0, 0.1) is 52.3 Å². The quantitative estimate of drug-likeness (QED) is 0.201. The lowest BCUT2D eigenvalue weighted by Gasteiger charge is -2.61. The van der Waals surface area contributed by atoms with Crippen molar-refractivity contribution in [3.8, 4) is 0 Å². The molecule has 10 atom stereocenters. The van der Waals surface area contributed by atoms with Crippen LogP contribution in [-0.2, 0) is 23.9 Å². The zero-order valence-electron chi connectivity index (χ0n) is 24.3. The molecule has 0 bridgehead atoms. The topological polar surface area (TPSA) is 164 Å². The highest BCUT2D eigenvalue weighted by atomic mass is 16.5. The van der Waals surface area contributed by atoms with Gasteiger partial charge < -0.3 is 25.8 Å². The van der Waals surface area contributed by atoms with E-state index in [9.17, 15) is 29.4 Å². The van der Waals surface area contributed by atoms with Crippen LogP contribution in [0.2, 0.25) is 0 Å². The van der Waals surface area contributed by atoms with Crippen LogP contribution >= 0.6 is 0 Å². The third-order valence-electron chi connectivity index (χ3n) is 12.1. The molecule has 5 unspecified atom stereocenters. The number of carboxylic acid groups (broad SMARTS) is 3. The summed E-state index contributed by atoms with van der Waals surface area (Å²) in [6.45, 7) is 7.10. The summed E-state index contributed by atoms with van der Waals surface area (Å²) in [5, 5.41) is 27.5. The van der Waals surface area contributed by atoms with Gasteiger partial charge >= 0.3 is 23.9 Å². The van der Waals surface area contributed by atoms with E-state index < -0.39 is 35.8 Å². The van der Waals surface area contributed by atoms with Gasteiger partial charge in [-0.2, -0.15) is 0 Å². The molecule has 0 aromatic rings. The summed E-state index contributed by atoms with van der Waals surface area (Å²) in [6.07, 6.45) is 10.3. The van der Waals surface area contributed by atoms with Crippen molar-refractivity contribution < 1.29 is 39.2 Å². The number of carbonyl (C=O) groups is 4. The summed E-state index contributed by atoms with van der Waals surface area (Å²) in [4.78, 5) is 46.1. The number of hydrogen-bond donors (Lipinski definition) is 4. The first kappa shape index (κ1) is 30.8. The lowest BCUT2D eigenvalue weighted by molar-refractivity contribution is -0.164. The summed E-state index contributed by atoms with van der Waals surface area (Å²) >= 11 is 0. The van der Waals surface area contributed by atoms with E-state index in [-0.39, 0.29) is 36.2 Å². The zero-order chi connectivity index (χ0) is 29.4. The van der Waals surface area contributed by atoms with Gasteiger partial charge in [0.1, 0.15) is 12.1 Å². The molecule has 0 saturated heterocycles. The first-order valence-electron chi connectivity index (χ1n) is 15.4. The third-order valence-corrected chi connectivity index (χ3v) is 12.1. The van der Waals surface area contributed by atoms with Crippen LogP contribution in [0.15, 0.2) is 0 Å². The van der Waals surface area contributed by atoms with Crippen molar-refractivity contribution in [2.24, 2.45) is 58.0 Å². The molecular formula is C31H49NO8. The summed E-state index contributed by atoms with van der Waals surface area (Å²) in [5.74, 6) is -2.01. The van der Waals surface area contributed by atoms with Crippen LogP contribution in [-0.4, -0.2) is 51.3 Å². The molecule has 0 aliphatic heterocycles. The van der Waals surface area contributed by atoms with Gasteiger partial charge in [0, 0.05) is 6.42 Å². The number of aliphatic carboxylic acids is 3. The highest BCUT2D eigenvalue weighted by Gasteiger charge is 2.60. The van der Waals surface area contributed by atoms with Gasteiger partial charge in [-0.15, -0.1) is 0 Å². The fraction of sp³-hybridized carbons (Fsp3) is 0.871. The van der Waals surface area contributed by atoms with Gasteiger partial charge in [0.25, 0.3) is 0 Å². The molecule has 4 fully saturated rings. The maximum absolute atomic E-state index is 12.5. The van der Waals surface area contributed by atoms with Gasteiger partial charge in [-0.05, 0) is 123 Å². The number of hydrogen-bond acceptors (Lipinski definition) is 6. The maximum Gasteiger partial charge on any atom is 0.323 e. The lowest BCUT2D eigenvalue weighted by atomic mass is 9.44. The molecule has 0 spiro atoms. The third kappa shape index (κ3) is 5.90. The second-order valence-corrected chi connectivity index (χ2v) is 14.0. The van der Waals surface area contributed by atoms with E-state index in [2.05, 4.69) is 20.8 Å². The van der Waals surface area contributed by atoms with Crippen molar-refractivity contribution in [3.05, 3.63) is 0 Å². The van der Waals surface area contributed by atoms with Gasteiger partial charge in [-0.3, -0.25) is 19.2 Å². The highest BCUT2D eigenvalue weighted by molar-refractivity contribution is 5.92. The minimum Gasteiger partial charge on any atom is -0.481 e. The maximum atomic E-state index is 12.5. The van der Waals surface area contributed by atoms with Gasteiger partial charge in [-0.1, -0.05) is 20.8 Å². The summed E-state index contributed by atoms with van der Waals surface area (Å²) in [5.41, 5.74) is 6.33. The van der Waals surface area contributed by atoms with Crippen LogP contribution < -0.4 is 5.73 Å². The first-order chi connectivity index (χ1) is 18.8. The van der Waals surface area contributed by atoms with E-state index in [0.29, 0.717) is 41.9 Å². The number of esters is 1. The van der Waals surface area contributed by atoms with E-state index in [1.165, 1.54) is 19.3 Å². The predicted octanol–water partition coefficient (Wildman–Crippen LogP) is 4.95. The Bertz CT molecular complexity index is 970. The normalized spacial score (nSPS) is 38.4. The Balaban J connectivity index is 1.36. The minimum atomic E-state index is -1.33. The number of ether oxygens (including phenoxy) is 1. The van der Waals surface area contributed by atoms with Crippen molar-refractivity contribution in [2.75, 3.05) is 0 Å². The van der Waals surface area contributed by atoms with Crippen LogP contribution in [0.5, 0.6) is 0 Å². The first-order valence-corrected chi connectivity index (χ1v) is 15.4. The van der Waals surface area contributed by atoms with E-state index in [1.54, 1.807) is 0 Å². The van der Waals surface area contributed by atoms with E-state index in [0.717, 1.165) is 38.5 Å². The van der Waals surface area contributed by atoms with Crippen molar-refractivity contribution in [3.63, 3.8) is 0 Å². The Kier molecular flexibility index (Phi) is 9.22. The van der Waals surface area contributed by atoms with E-state index in [1.807, 2.05) is 0 Å². The second kappa shape index (κ2) is 12.0. The summed E-state index contributed by atoms with van der Waals surface area (Å²) < 4.78 is 5.78. The number of carboxylic acids is 3. The predicted molar refractivity (Wildman–Crippen MR) is 147 cm³/mol. The molecule has 40 heavy (non-hydrogen) atoms. The Morgan fingerprint density at radius 3 is 2.15 bits per heavy atom. The summed E-state index contributed by atoms with van der Waals surface area (Å²) in [6, 6.07) is -0.895. The fourth-order valence-electron chi connectivity index (χ4n) is 9.93. The molecule has 0 heterocycles. The molecule has 226 valence electrons. The monoisotopic (exact) mass is 563 g/mol. The standard InChI is InChI=1S/C31H49NO8/c1-17(4-6-21(27(35)36)28(37)38)22-8-9-23-20-7-5-18-16-19(40-29(39)25(32)10-11-26(33)34)12-14-30(18,2)24(20)13-15-31(22,23)3/h17-25H,4-16,32H2,1-3H3,(H,33,34)(H,35,36)(H,37,38)/t17-,18?,19-,20?,22?,23?,24?,25-,30+,31-/m1/s1. The Morgan fingerprint density at radius 2 is 1.50 bits per heavy atom. The number of nitrogens with two attached hydrogens (primary N) is 1. The molecular weight excluding hydrogens is 514 g/mol. The fourth-order valence-corrected chi connectivity index (χ4v) is 9.93. The van der Waals surface area contributed by atoms with Gasteiger partial charge in [0.05, 0.1) is 0 Å². The molecule has 0 radical (unpaired) electrons. The molecule has 4 rings (SSSR count). The van der Waals surface area contributed by atoms with Gasteiger partial charge in [-0.25, -0.2) is 0 Å². The number of rotatable bonds is 11. The molecule has 9 nitrogen and oxygen atoms in total. The van der Waals surface area contributed by atoms with E-state index in [4.69, 9.17) is 15.6 Å². The Morgan fingerprint density at radius 1 is 0.850 bits per heavy atom. The smallest absolute Gasteiger partial charge is 0.323 e. The molecule has 4 aliphatic carbocycles. The zero-order valence-corrected chi connectivity index (χ0v) is 24.3. The van der Waals surface area contributed by atoms with Crippen LogP contribution in [0.3, 0.4) is 0 Å². The molecule has 0 aromatic heterocycles. The number of carbonyl (C=O) groups excluding carboxylic acids is 1. The largest absolute Gasteiger partial charge is 0.481 e. The summed E-state index contributed by atoms with van der Waals surface area (Å²) in [7, 11) is 0.